The molecule has 0 amide bonds. The quantitative estimate of drug-likeness (QED) is 0.746. The monoisotopic (exact) mass is 270 g/mol. The molecule has 0 aliphatic rings. The minimum atomic E-state index is -4.88. The topological polar surface area (TPSA) is 17.1 Å². The number of ketones is 1. The van der Waals surface area contributed by atoms with Crippen LogP contribution in [0.15, 0.2) is 18.2 Å². The smallest absolute Gasteiger partial charge is 0.300 e. The van der Waals surface area contributed by atoms with Gasteiger partial charge in [-0.15, -0.1) is 0 Å². The lowest BCUT2D eigenvalue weighted by Gasteiger charge is -2.13. The third-order valence-electron chi connectivity index (χ3n) is 2.10. The van der Waals surface area contributed by atoms with Crippen molar-refractivity contribution in [2.75, 3.05) is 0 Å². The highest BCUT2D eigenvalue weighted by atomic mass is 19.4. The molecule has 1 aromatic rings. The summed E-state index contributed by atoms with van der Waals surface area (Å²) in [5.74, 6) is -0.512. The molecule has 0 unspecified atom stereocenters. The zero-order valence-corrected chi connectivity index (χ0v) is 9.12. The molecule has 100 valence electrons. The highest BCUT2D eigenvalue weighted by Crippen LogP contribution is 2.36. The van der Waals surface area contributed by atoms with E-state index >= 15 is 0 Å². The van der Waals surface area contributed by atoms with Crippen molar-refractivity contribution in [2.24, 2.45) is 0 Å². The maximum Gasteiger partial charge on any atom is 0.416 e. The van der Waals surface area contributed by atoms with Crippen LogP contribution in [-0.2, 0) is 23.6 Å². The standard InChI is InChI=1S/C11H8F6O/c1-6(18)2-7-3-8(10(12,13)14)5-9(4-7)11(15,16)17/h3-5H,2H2,1H3. The Hall–Kier alpha value is -1.53. The molecule has 0 atom stereocenters. The van der Waals surface area contributed by atoms with E-state index in [2.05, 4.69) is 0 Å². The fourth-order valence-corrected chi connectivity index (χ4v) is 1.41. The average Bonchev–Trinajstić information content (AvgIpc) is 2.13. The highest BCUT2D eigenvalue weighted by Gasteiger charge is 2.36. The SMILES string of the molecule is CC(=O)Cc1cc(C(F)(F)F)cc(C(F)(F)F)c1. The predicted molar refractivity (Wildman–Crippen MR) is 50.8 cm³/mol. The van der Waals surface area contributed by atoms with Gasteiger partial charge in [-0.1, -0.05) is 0 Å². The van der Waals surface area contributed by atoms with Crippen molar-refractivity contribution in [3.63, 3.8) is 0 Å². The lowest BCUT2D eigenvalue weighted by molar-refractivity contribution is -0.143. The number of alkyl halides is 6. The largest absolute Gasteiger partial charge is 0.416 e. The molecule has 1 nitrogen and oxygen atoms in total. The van der Waals surface area contributed by atoms with Gasteiger partial charge in [0.1, 0.15) is 5.78 Å². The Morgan fingerprint density at radius 1 is 0.944 bits per heavy atom. The number of carbonyl (C=O) groups is 1. The van der Waals surface area contributed by atoms with Crippen LogP contribution in [-0.4, -0.2) is 5.78 Å². The first-order valence-corrected chi connectivity index (χ1v) is 4.78. The lowest BCUT2D eigenvalue weighted by atomic mass is 10.0. The van der Waals surface area contributed by atoms with Gasteiger partial charge in [-0.3, -0.25) is 4.79 Å². The van der Waals surface area contributed by atoms with Crippen molar-refractivity contribution in [2.45, 2.75) is 25.7 Å². The molecule has 0 radical (unpaired) electrons. The Morgan fingerprint density at radius 2 is 1.33 bits per heavy atom. The zero-order valence-electron chi connectivity index (χ0n) is 9.12. The summed E-state index contributed by atoms with van der Waals surface area (Å²) in [6.07, 6.45) is -10.2. The summed E-state index contributed by atoms with van der Waals surface area (Å²) in [6, 6.07) is 1.14. The molecule has 0 saturated carbocycles. The van der Waals surface area contributed by atoms with Crippen LogP contribution in [0.2, 0.25) is 0 Å². The maximum atomic E-state index is 12.4. The Morgan fingerprint density at radius 3 is 1.61 bits per heavy atom. The summed E-state index contributed by atoms with van der Waals surface area (Å²) >= 11 is 0. The van der Waals surface area contributed by atoms with Crippen LogP contribution in [0.1, 0.15) is 23.6 Å². The van der Waals surface area contributed by atoms with E-state index in [1.165, 1.54) is 0 Å². The van der Waals surface area contributed by atoms with Crippen LogP contribution in [0, 0.1) is 0 Å². The molecule has 0 aromatic heterocycles. The number of benzene rings is 1. The second kappa shape index (κ2) is 4.62. The molecule has 1 aromatic carbocycles. The van der Waals surface area contributed by atoms with Crippen molar-refractivity contribution in [1.29, 1.82) is 0 Å². The van der Waals surface area contributed by atoms with Crippen LogP contribution in [0.4, 0.5) is 26.3 Å². The van der Waals surface area contributed by atoms with Crippen molar-refractivity contribution in [3.8, 4) is 0 Å². The first kappa shape index (κ1) is 14.5. The van der Waals surface area contributed by atoms with E-state index in [-0.39, 0.29) is 11.6 Å². The first-order chi connectivity index (χ1) is 8.00. The van der Waals surface area contributed by atoms with Crippen molar-refractivity contribution < 1.29 is 31.1 Å². The van der Waals surface area contributed by atoms with Gasteiger partial charge in [-0.25, -0.2) is 0 Å². The molecule has 0 saturated heterocycles. The summed E-state index contributed by atoms with van der Waals surface area (Å²) in [6.45, 7) is 1.09. The molecular formula is C11H8F6O. The highest BCUT2D eigenvalue weighted by molar-refractivity contribution is 5.78. The summed E-state index contributed by atoms with van der Waals surface area (Å²) < 4.78 is 74.5. The third kappa shape index (κ3) is 3.75. The van der Waals surface area contributed by atoms with Gasteiger partial charge in [0.25, 0.3) is 0 Å². The molecule has 0 heterocycles. The molecule has 0 bridgehead atoms. The number of Topliss-reactive ketones (excluding diaryl/α,β-unsaturated/α-hetero) is 1. The van der Waals surface area contributed by atoms with E-state index in [0.717, 1.165) is 6.92 Å². The molecule has 0 aliphatic carbocycles. The van der Waals surface area contributed by atoms with E-state index in [4.69, 9.17) is 0 Å². The Labute approximate surface area is 98.4 Å². The number of carbonyl (C=O) groups excluding carboxylic acids is 1. The maximum absolute atomic E-state index is 12.4. The molecule has 0 fully saturated rings. The zero-order chi connectivity index (χ0) is 14.1. The van der Waals surface area contributed by atoms with Crippen molar-refractivity contribution in [1.82, 2.24) is 0 Å². The Bertz CT molecular complexity index is 425. The van der Waals surface area contributed by atoms with Gasteiger partial charge in [0.15, 0.2) is 0 Å². The molecule has 18 heavy (non-hydrogen) atoms. The van der Waals surface area contributed by atoms with Gasteiger partial charge in [0, 0.05) is 6.42 Å². The van der Waals surface area contributed by atoms with Crippen LogP contribution >= 0.6 is 0 Å². The second-order valence-electron chi connectivity index (χ2n) is 3.79. The van der Waals surface area contributed by atoms with Gasteiger partial charge >= 0.3 is 12.4 Å². The minimum Gasteiger partial charge on any atom is -0.300 e. The second-order valence-corrected chi connectivity index (χ2v) is 3.79. The van der Waals surface area contributed by atoms with E-state index in [1.807, 2.05) is 0 Å². The number of hydrogen-bond acceptors (Lipinski definition) is 1. The van der Waals surface area contributed by atoms with Crippen LogP contribution < -0.4 is 0 Å². The van der Waals surface area contributed by atoms with E-state index in [9.17, 15) is 31.1 Å². The van der Waals surface area contributed by atoms with Crippen LogP contribution in [0.25, 0.3) is 0 Å². The van der Waals surface area contributed by atoms with Gasteiger partial charge in [-0.05, 0) is 30.7 Å². The van der Waals surface area contributed by atoms with Gasteiger partial charge in [-0.2, -0.15) is 26.3 Å². The number of rotatable bonds is 2. The first-order valence-electron chi connectivity index (χ1n) is 4.78. The Kier molecular flexibility index (Phi) is 3.73. The minimum absolute atomic E-state index is 0.0314. The third-order valence-corrected chi connectivity index (χ3v) is 2.10. The normalized spacial score (nSPS) is 12.6. The van der Waals surface area contributed by atoms with Crippen LogP contribution in [0.5, 0.6) is 0 Å². The molecule has 0 N–H and O–H groups in total. The molecule has 1 rings (SSSR count). The Balaban J connectivity index is 3.34. The number of hydrogen-bond donors (Lipinski definition) is 0. The van der Waals surface area contributed by atoms with Crippen molar-refractivity contribution in [3.05, 3.63) is 34.9 Å². The number of halogens is 6. The van der Waals surface area contributed by atoms with Gasteiger partial charge < -0.3 is 0 Å². The van der Waals surface area contributed by atoms with E-state index < -0.39 is 35.7 Å². The average molecular weight is 270 g/mol. The summed E-state index contributed by atoms with van der Waals surface area (Å²) in [5, 5.41) is 0. The fourth-order valence-electron chi connectivity index (χ4n) is 1.41. The summed E-state index contributed by atoms with van der Waals surface area (Å²) in [4.78, 5) is 10.8. The van der Waals surface area contributed by atoms with Crippen molar-refractivity contribution >= 4 is 5.78 Å². The van der Waals surface area contributed by atoms with Gasteiger partial charge in [0.05, 0.1) is 11.1 Å². The van der Waals surface area contributed by atoms with E-state index in [1.54, 1.807) is 0 Å². The molecule has 0 aliphatic heterocycles. The van der Waals surface area contributed by atoms with E-state index in [0.29, 0.717) is 12.1 Å². The van der Waals surface area contributed by atoms with Crippen LogP contribution in [0.3, 0.4) is 0 Å². The molecular weight excluding hydrogens is 262 g/mol. The summed E-state index contributed by atoms with van der Waals surface area (Å²) in [7, 11) is 0. The summed E-state index contributed by atoms with van der Waals surface area (Å²) in [5.41, 5.74) is -3.12. The lowest BCUT2D eigenvalue weighted by Crippen LogP contribution is -2.12. The molecule has 0 spiro atoms. The fraction of sp³-hybridized carbons (Fsp3) is 0.364. The predicted octanol–water partition coefficient (Wildman–Crippen LogP) is 3.86. The molecule has 7 heteroatoms. The van der Waals surface area contributed by atoms with Gasteiger partial charge in [0.2, 0.25) is 0 Å².